The van der Waals surface area contributed by atoms with E-state index in [0.29, 0.717) is 12.6 Å². The molecule has 0 saturated heterocycles. The van der Waals surface area contributed by atoms with E-state index in [1.54, 1.807) is 11.3 Å². The van der Waals surface area contributed by atoms with Gasteiger partial charge in [-0.05, 0) is 29.3 Å². The van der Waals surface area contributed by atoms with E-state index in [9.17, 15) is 4.79 Å². The third kappa shape index (κ3) is 4.44. The molecule has 0 aliphatic carbocycles. The average Bonchev–Trinajstić information content (AvgIpc) is 2.67. The Hall–Kier alpha value is -0.870. The summed E-state index contributed by atoms with van der Waals surface area (Å²) in [5.41, 5.74) is 1.16. The van der Waals surface area contributed by atoms with Gasteiger partial charge in [-0.1, -0.05) is 13.8 Å². The number of carbonyl (C=O) groups excluding carboxylic acids is 1. The number of carbonyl (C=O) groups is 1. The van der Waals surface area contributed by atoms with E-state index in [1.165, 1.54) is 0 Å². The van der Waals surface area contributed by atoms with Crippen LogP contribution in [-0.4, -0.2) is 18.5 Å². The zero-order valence-electron chi connectivity index (χ0n) is 9.41. The third-order valence-corrected chi connectivity index (χ3v) is 2.79. The number of nitrogens with one attached hydrogen (secondary N) is 2. The molecule has 1 aromatic heterocycles. The Morgan fingerprint density at radius 1 is 1.47 bits per heavy atom. The molecule has 4 heteroatoms. The van der Waals surface area contributed by atoms with Gasteiger partial charge in [0.05, 0.1) is 12.6 Å². The molecule has 1 aromatic rings. The van der Waals surface area contributed by atoms with Gasteiger partial charge >= 0.3 is 0 Å². The highest BCUT2D eigenvalue weighted by molar-refractivity contribution is 7.07. The van der Waals surface area contributed by atoms with Crippen LogP contribution in [0.15, 0.2) is 16.8 Å². The molecule has 0 aliphatic heterocycles. The third-order valence-electron chi connectivity index (χ3n) is 2.09. The van der Waals surface area contributed by atoms with Crippen LogP contribution in [0.2, 0.25) is 0 Å². The molecule has 2 N–H and O–H groups in total. The first kappa shape index (κ1) is 12.2. The van der Waals surface area contributed by atoms with Crippen molar-refractivity contribution in [3.63, 3.8) is 0 Å². The van der Waals surface area contributed by atoms with E-state index in [0.717, 1.165) is 5.56 Å². The maximum Gasteiger partial charge on any atom is 0.234 e. The van der Waals surface area contributed by atoms with E-state index >= 15 is 0 Å². The maximum atomic E-state index is 11.5. The fourth-order valence-electron chi connectivity index (χ4n) is 1.19. The van der Waals surface area contributed by atoms with Gasteiger partial charge in [0.25, 0.3) is 0 Å². The van der Waals surface area contributed by atoms with E-state index in [-0.39, 0.29) is 11.9 Å². The molecule has 0 saturated carbocycles. The molecule has 0 aliphatic rings. The van der Waals surface area contributed by atoms with Crippen LogP contribution in [0, 0.1) is 0 Å². The van der Waals surface area contributed by atoms with E-state index < -0.39 is 0 Å². The van der Waals surface area contributed by atoms with Gasteiger partial charge in [-0.25, -0.2) is 0 Å². The van der Waals surface area contributed by atoms with Gasteiger partial charge in [-0.15, -0.1) is 0 Å². The van der Waals surface area contributed by atoms with Gasteiger partial charge in [-0.3, -0.25) is 4.79 Å². The Labute approximate surface area is 94.9 Å². The molecule has 0 radical (unpaired) electrons. The smallest absolute Gasteiger partial charge is 0.234 e. The molecule has 0 fully saturated rings. The quantitative estimate of drug-likeness (QED) is 0.805. The number of thiophene rings is 1. The number of rotatable bonds is 5. The summed E-state index contributed by atoms with van der Waals surface area (Å²) in [6.07, 6.45) is 0. The van der Waals surface area contributed by atoms with Crippen molar-refractivity contribution in [3.8, 4) is 0 Å². The first-order chi connectivity index (χ1) is 7.09. The molecule has 0 spiro atoms. The largest absolute Gasteiger partial charge is 0.348 e. The van der Waals surface area contributed by atoms with Crippen LogP contribution in [0.4, 0.5) is 0 Å². The summed E-state index contributed by atoms with van der Waals surface area (Å²) in [5.74, 6) is 0.0439. The maximum absolute atomic E-state index is 11.5. The zero-order chi connectivity index (χ0) is 11.3. The van der Waals surface area contributed by atoms with Crippen molar-refractivity contribution in [2.45, 2.75) is 32.9 Å². The second kappa shape index (κ2) is 5.88. The highest BCUT2D eigenvalue weighted by Gasteiger charge is 2.09. The van der Waals surface area contributed by atoms with Crippen LogP contribution < -0.4 is 10.6 Å². The standard InChI is InChI=1S/C11H18N2OS/c1-8(2)12-6-11(14)13-9(3)10-4-5-15-7-10/h4-5,7-9,12H,6H2,1-3H3,(H,13,14). The van der Waals surface area contributed by atoms with Gasteiger partial charge < -0.3 is 10.6 Å². The minimum atomic E-state index is 0.0439. The lowest BCUT2D eigenvalue weighted by molar-refractivity contribution is -0.121. The minimum absolute atomic E-state index is 0.0439. The fraction of sp³-hybridized carbons (Fsp3) is 0.545. The predicted octanol–water partition coefficient (Wildman–Crippen LogP) is 1.92. The Balaban J connectivity index is 2.32. The van der Waals surface area contributed by atoms with Crippen LogP contribution >= 0.6 is 11.3 Å². The van der Waals surface area contributed by atoms with Gasteiger partial charge in [0.2, 0.25) is 5.91 Å². The van der Waals surface area contributed by atoms with Crippen LogP contribution in [0.25, 0.3) is 0 Å². The fourth-order valence-corrected chi connectivity index (χ4v) is 1.95. The molecule has 0 bridgehead atoms. The summed E-state index contributed by atoms with van der Waals surface area (Å²) < 4.78 is 0. The van der Waals surface area contributed by atoms with Gasteiger partial charge in [0, 0.05) is 6.04 Å². The first-order valence-corrected chi connectivity index (χ1v) is 6.08. The Morgan fingerprint density at radius 3 is 2.73 bits per heavy atom. The molecule has 1 unspecified atom stereocenters. The van der Waals surface area contributed by atoms with Crippen LogP contribution in [0.3, 0.4) is 0 Å². The summed E-state index contributed by atoms with van der Waals surface area (Å²) in [5, 5.41) is 10.1. The molecular weight excluding hydrogens is 208 g/mol. The molecule has 1 heterocycles. The lowest BCUT2D eigenvalue weighted by atomic mass is 10.2. The normalized spacial score (nSPS) is 12.8. The molecule has 1 atom stereocenters. The molecule has 0 aromatic carbocycles. The highest BCUT2D eigenvalue weighted by Crippen LogP contribution is 2.14. The van der Waals surface area contributed by atoms with Gasteiger partial charge in [0.1, 0.15) is 0 Å². The van der Waals surface area contributed by atoms with Crippen molar-refractivity contribution in [1.29, 1.82) is 0 Å². The van der Waals surface area contributed by atoms with Crippen molar-refractivity contribution in [2.24, 2.45) is 0 Å². The molecule has 1 amide bonds. The Morgan fingerprint density at radius 2 is 2.20 bits per heavy atom. The Bertz CT molecular complexity index is 296. The Kier molecular flexibility index (Phi) is 4.78. The van der Waals surface area contributed by atoms with Crippen molar-refractivity contribution >= 4 is 17.2 Å². The van der Waals surface area contributed by atoms with E-state index in [2.05, 4.69) is 16.0 Å². The molecule has 15 heavy (non-hydrogen) atoms. The molecule has 84 valence electrons. The lowest BCUT2D eigenvalue weighted by Gasteiger charge is -2.14. The zero-order valence-corrected chi connectivity index (χ0v) is 10.2. The summed E-state index contributed by atoms with van der Waals surface area (Å²) in [4.78, 5) is 11.5. The number of hydrogen-bond donors (Lipinski definition) is 2. The molecule has 3 nitrogen and oxygen atoms in total. The van der Waals surface area contributed by atoms with Crippen LogP contribution in [-0.2, 0) is 4.79 Å². The summed E-state index contributed by atoms with van der Waals surface area (Å²) in [7, 11) is 0. The molecular formula is C11H18N2OS. The van der Waals surface area contributed by atoms with E-state index in [1.807, 2.05) is 32.2 Å². The lowest BCUT2D eigenvalue weighted by Crippen LogP contribution is -2.37. The van der Waals surface area contributed by atoms with Gasteiger partial charge in [0.15, 0.2) is 0 Å². The van der Waals surface area contributed by atoms with Crippen molar-refractivity contribution in [3.05, 3.63) is 22.4 Å². The SMILES string of the molecule is CC(C)NCC(=O)NC(C)c1ccsc1. The number of amides is 1. The van der Waals surface area contributed by atoms with Crippen LogP contribution in [0.1, 0.15) is 32.4 Å². The predicted molar refractivity (Wildman–Crippen MR) is 64.0 cm³/mol. The van der Waals surface area contributed by atoms with Crippen LogP contribution in [0.5, 0.6) is 0 Å². The molecule has 1 rings (SSSR count). The highest BCUT2D eigenvalue weighted by atomic mass is 32.1. The van der Waals surface area contributed by atoms with Gasteiger partial charge in [-0.2, -0.15) is 11.3 Å². The second-order valence-corrected chi connectivity index (χ2v) is 4.66. The monoisotopic (exact) mass is 226 g/mol. The summed E-state index contributed by atoms with van der Waals surface area (Å²) in [6.45, 7) is 6.42. The first-order valence-electron chi connectivity index (χ1n) is 5.14. The van der Waals surface area contributed by atoms with Crippen molar-refractivity contribution in [1.82, 2.24) is 10.6 Å². The van der Waals surface area contributed by atoms with Crippen molar-refractivity contribution in [2.75, 3.05) is 6.54 Å². The van der Waals surface area contributed by atoms with E-state index in [4.69, 9.17) is 0 Å². The summed E-state index contributed by atoms with van der Waals surface area (Å²) in [6, 6.07) is 2.47. The topological polar surface area (TPSA) is 41.1 Å². The number of hydrogen-bond acceptors (Lipinski definition) is 3. The second-order valence-electron chi connectivity index (χ2n) is 3.88. The van der Waals surface area contributed by atoms with Crippen molar-refractivity contribution < 1.29 is 4.79 Å². The summed E-state index contributed by atoms with van der Waals surface area (Å²) >= 11 is 1.65. The minimum Gasteiger partial charge on any atom is -0.348 e. The average molecular weight is 226 g/mol.